The van der Waals surface area contributed by atoms with E-state index in [1.165, 1.54) is 32.1 Å². The third-order valence-electron chi connectivity index (χ3n) is 12.0. The summed E-state index contributed by atoms with van der Waals surface area (Å²) in [6.45, 7) is 2.13. The van der Waals surface area contributed by atoms with Gasteiger partial charge in [-0.25, -0.2) is 9.59 Å². The number of carbonyl (C=O) groups excluding carboxylic acids is 2. The molecule has 0 unspecified atom stereocenters. The fourth-order valence-corrected chi connectivity index (χ4v) is 10.1. The van der Waals surface area contributed by atoms with Gasteiger partial charge in [0.1, 0.15) is 17.3 Å². The predicted molar refractivity (Wildman–Crippen MR) is 178 cm³/mol. The van der Waals surface area contributed by atoms with Gasteiger partial charge >= 0.3 is 11.9 Å². The van der Waals surface area contributed by atoms with Gasteiger partial charge < -0.3 is 14.6 Å². The minimum atomic E-state index is -0.710. The van der Waals surface area contributed by atoms with Crippen molar-refractivity contribution in [1.82, 2.24) is 0 Å². The molecule has 2 aromatic rings. The first-order valence-electron chi connectivity index (χ1n) is 17.7. The number of phenols is 1. The Balaban J connectivity index is 1.28. The predicted octanol–water partition coefficient (Wildman–Crippen LogP) is 9.59. The van der Waals surface area contributed by atoms with Crippen LogP contribution >= 0.6 is 0 Å². The Morgan fingerprint density at radius 1 is 0.870 bits per heavy atom. The van der Waals surface area contributed by atoms with E-state index in [4.69, 9.17) is 9.47 Å². The zero-order valence-corrected chi connectivity index (χ0v) is 26.9. The highest BCUT2D eigenvalue weighted by molar-refractivity contribution is 6.07. The molecule has 1 N–H and O–H groups in total. The normalized spacial score (nSPS) is 30.5. The van der Waals surface area contributed by atoms with E-state index >= 15 is 0 Å². The molecule has 5 heteroatoms. The van der Waals surface area contributed by atoms with Crippen molar-refractivity contribution in [2.24, 2.45) is 29.1 Å². The van der Waals surface area contributed by atoms with E-state index in [0.717, 1.165) is 102 Å². The Bertz CT molecular complexity index is 1700. The molecule has 2 heterocycles. The fraction of sp³-hybridized carbons (Fsp3) is 0.463. The van der Waals surface area contributed by atoms with Gasteiger partial charge in [0, 0.05) is 17.1 Å². The summed E-state index contributed by atoms with van der Waals surface area (Å²) in [5.41, 5.74) is 5.80. The van der Waals surface area contributed by atoms with Crippen molar-refractivity contribution in [2.45, 2.75) is 90.4 Å². The van der Waals surface area contributed by atoms with E-state index in [-0.39, 0.29) is 35.4 Å². The lowest BCUT2D eigenvalue weighted by atomic mass is 9.44. The second-order valence-corrected chi connectivity index (χ2v) is 14.4. The molecular formula is C41H44O5. The third-order valence-corrected chi connectivity index (χ3v) is 12.0. The minimum Gasteiger partial charge on any atom is -0.508 e. The number of rotatable bonds is 7. The molecule has 4 atom stereocenters. The maximum atomic E-state index is 14.2. The van der Waals surface area contributed by atoms with Crippen LogP contribution in [-0.2, 0) is 19.1 Å². The number of fused-ring (bicyclic) bond motifs is 1. The summed E-state index contributed by atoms with van der Waals surface area (Å²) in [4.78, 5) is 28.1. The highest BCUT2D eigenvalue weighted by Gasteiger charge is 2.68. The smallest absolute Gasteiger partial charge is 0.340 e. The van der Waals surface area contributed by atoms with Crippen molar-refractivity contribution in [3.63, 3.8) is 0 Å². The van der Waals surface area contributed by atoms with Crippen LogP contribution in [0.3, 0.4) is 0 Å². The SMILES string of the molecule is CCC/C=C1\OC(=O)C2=C(c3cc(O)ccc3-c3ccccc3)[C@@H]3CC[C@@]21[C@H]1C2=C(CC[C@@H]31)C(=CCCC1CCCCC1)OC2=O. The summed E-state index contributed by atoms with van der Waals surface area (Å²) >= 11 is 0. The lowest BCUT2D eigenvalue weighted by Crippen LogP contribution is -2.52. The van der Waals surface area contributed by atoms with Crippen LogP contribution in [0.25, 0.3) is 16.7 Å². The van der Waals surface area contributed by atoms with Crippen molar-refractivity contribution in [1.29, 1.82) is 0 Å². The van der Waals surface area contributed by atoms with Crippen LogP contribution in [0.1, 0.15) is 96.0 Å². The van der Waals surface area contributed by atoms with Crippen molar-refractivity contribution in [3.05, 3.63) is 94.5 Å². The average molecular weight is 617 g/mol. The van der Waals surface area contributed by atoms with Crippen molar-refractivity contribution in [2.75, 3.05) is 0 Å². The number of ether oxygens (including phenoxy) is 2. The Kier molecular flexibility index (Phi) is 7.54. The lowest BCUT2D eigenvalue weighted by Gasteiger charge is -2.56. The standard InChI is InChI=1S/C41H44O5/c1-2-3-17-34-41-23-22-29(35(38(41)40(44)46-34)32-24-27(42)18-19-28(32)26-14-8-5-9-15-26)30-20-21-31-33(45-39(43)36(31)37(30)41)16-10-13-25-11-6-4-7-12-25/h5,8-9,14-19,24-25,29-30,37,42H,2-4,6-7,10-13,20-23H2,1H3/b33-16?,34-17-/t29-,30+,37-,41-/m1/s1. The summed E-state index contributed by atoms with van der Waals surface area (Å²) in [6.07, 6.45) is 18.2. The van der Waals surface area contributed by atoms with Gasteiger partial charge in [-0.05, 0) is 109 Å². The van der Waals surface area contributed by atoms with E-state index in [2.05, 4.69) is 31.2 Å². The van der Waals surface area contributed by atoms with Gasteiger partial charge in [-0.1, -0.05) is 81.8 Å². The number of hydrogen-bond acceptors (Lipinski definition) is 5. The van der Waals surface area contributed by atoms with Gasteiger partial charge in [-0.3, -0.25) is 0 Å². The van der Waals surface area contributed by atoms with E-state index < -0.39 is 5.41 Å². The number of hydrogen-bond donors (Lipinski definition) is 1. The molecule has 7 aliphatic rings. The summed E-state index contributed by atoms with van der Waals surface area (Å²) in [5.74, 6) is 2.00. The van der Waals surface area contributed by atoms with Crippen molar-refractivity contribution >= 4 is 17.5 Å². The second kappa shape index (κ2) is 11.7. The van der Waals surface area contributed by atoms with Crippen molar-refractivity contribution in [3.8, 4) is 16.9 Å². The summed E-state index contributed by atoms with van der Waals surface area (Å²) in [5, 5.41) is 10.8. The Morgan fingerprint density at radius 2 is 1.70 bits per heavy atom. The first-order chi connectivity index (χ1) is 22.5. The molecule has 1 spiro atoms. The van der Waals surface area contributed by atoms with E-state index in [9.17, 15) is 14.7 Å². The van der Waals surface area contributed by atoms with Gasteiger partial charge in [0.2, 0.25) is 0 Å². The van der Waals surface area contributed by atoms with Crippen LogP contribution in [0.5, 0.6) is 5.75 Å². The molecule has 46 heavy (non-hydrogen) atoms. The van der Waals surface area contributed by atoms with Gasteiger partial charge in [0.25, 0.3) is 0 Å². The monoisotopic (exact) mass is 616 g/mol. The number of cyclic esters (lactones) is 2. The van der Waals surface area contributed by atoms with E-state index in [1.807, 2.05) is 30.3 Å². The molecule has 5 aliphatic carbocycles. The molecule has 0 radical (unpaired) electrons. The maximum Gasteiger partial charge on any atom is 0.340 e. The molecular weight excluding hydrogens is 572 g/mol. The molecule has 2 saturated carbocycles. The summed E-state index contributed by atoms with van der Waals surface area (Å²) in [6, 6.07) is 15.7. The number of unbranched alkanes of at least 4 members (excludes halogenated alkanes) is 1. The van der Waals surface area contributed by atoms with Crippen LogP contribution in [0.15, 0.2) is 88.9 Å². The molecule has 0 aromatic heterocycles. The topological polar surface area (TPSA) is 72.8 Å². The number of benzene rings is 2. The van der Waals surface area contributed by atoms with Gasteiger partial charge in [0.05, 0.1) is 11.0 Å². The lowest BCUT2D eigenvalue weighted by molar-refractivity contribution is -0.135. The summed E-state index contributed by atoms with van der Waals surface area (Å²) < 4.78 is 12.4. The first kappa shape index (κ1) is 29.5. The third kappa shape index (κ3) is 4.56. The van der Waals surface area contributed by atoms with Crippen LogP contribution in [0, 0.1) is 29.1 Å². The zero-order valence-electron chi connectivity index (χ0n) is 26.9. The second-order valence-electron chi connectivity index (χ2n) is 14.4. The Hall–Kier alpha value is -3.86. The molecule has 3 fully saturated rings. The highest BCUT2D eigenvalue weighted by atomic mass is 16.5. The van der Waals surface area contributed by atoms with Crippen LogP contribution in [0.2, 0.25) is 0 Å². The molecule has 9 rings (SSSR count). The fourth-order valence-electron chi connectivity index (χ4n) is 10.1. The van der Waals surface area contributed by atoms with Crippen LogP contribution < -0.4 is 0 Å². The van der Waals surface area contributed by atoms with E-state index in [1.54, 1.807) is 6.07 Å². The molecule has 238 valence electrons. The van der Waals surface area contributed by atoms with Crippen LogP contribution in [0.4, 0.5) is 0 Å². The average Bonchev–Trinajstić information content (AvgIpc) is 3.57. The molecule has 0 amide bonds. The van der Waals surface area contributed by atoms with E-state index in [0.29, 0.717) is 5.57 Å². The minimum absolute atomic E-state index is 0.0744. The number of allylic oxidation sites excluding steroid dienone is 5. The molecule has 5 nitrogen and oxygen atoms in total. The Labute approximate surface area is 272 Å². The number of carbonyl (C=O) groups is 2. The van der Waals surface area contributed by atoms with Gasteiger partial charge in [0.15, 0.2) is 0 Å². The first-order valence-corrected chi connectivity index (χ1v) is 17.7. The molecule has 2 bridgehead atoms. The Morgan fingerprint density at radius 3 is 2.50 bits per heavy atom. The number of phenolic OH excluding ortho intramolecular Hbond substituents is 1. The maximum absolute atomic E-state index is 14.2. The molecule has 1 saturated heterocycles. The quantitative estimate of drug-likeness (QED) is 0.314. The molecule has 2 aromatic carbocycles. The highest BCUT2D eigenvalue weighted by Crippen LogP contribution is 2.72. The van der Waals surface area contributed by atoms with Gasteiger partial charge in [-0.2, -0.15) is 0 Å². The molecule has 2 aliphatic heterocycles. The van der Waals surface area contributed by atoms with Crippen molar-refractivity contribution < 1.29 is 24.2 Å². The summed E-state index contributed by atoms with van der Waals surface area (Å²) in [7, 11) is 0. The zero-order chi connectivity index (χ0) is 31.4. The number of esters is 2. The number of aromatic hydroxyl groups is 1. The largest absolute Gasteiger partial charge is 0.508 e. The van der Waals surface area contributed by atoms with Gasteiger partial charge in [-0.15, -0.1) is 0 Å². The van der Waals surface area contributed by atoms with Crippen LogP contribution in [-0.4, -0.2) is 17.0 Å².